The number of rotatable bonds is 13. The van der Waals surface area contributed by atoms with Crippen molar-refractivity contribution in [3.8, 4) is 0 Å². The van der Waals surface area contributed by atoms with Gasteiger partial charge in [0.15, 0.2) is 0 Å². The first kappa shape index (κ1) is 34.4. The lowest BCUT2D eigenvalue weighted by atomic mass is 9.97. The van der Waals surface area contributed by atoms with E-state index in [-0.39, 0.29) is 0 Å². The summed E-state index contributed by atoms with van der Waals surface area (Å²) in [6.07, 6.45) is 36.7. The molecule has 0 aliphatic heterocycles. The van der Waals surface area contributed by atoms with Crippen LogP contribution in [0.15, 0.2) is 137 Å². The summed E-state index contributed by atoms with van der Waals surface area (Å²) in [5.74, 6) is 0. The van der Waals surface area contributed by atoms with Gasteiger partial charge in [-0.15, -0.1) is 0 Å². The highest BCUT2D eigenvalue weighted by molar-refractivity contribution is 5.61. The van der Waals surface area contributed by atoms with Crippen LogP contribution in [0.3, 0.4) is 0 Å². The number of allylic oxidation sites excluding steroid dienone is 21. The molecule has 1 aromatic carbocycles. The SMILES string of the molecule is CC(C)=CCC/C(C)=C/C=C/C(C)=C/C=C/C(C)=C/C=C/C=C(C)\C=C\C=C(C)\C=C\c1c(C)ccc(C)c1C. The molecule has 0 spiro atoms. The fourth-order valence-corrected chi connectivity index (χ4v) is 3.82. The molecule has 0 radical (unpaired) electrons. The molecule has 212 valence electrons. The van der Waals surface area contributed by atoms with Gasteiger partial charge in [0.2, 0.25) is 0 Å². The highest BCUT2D eigenvalue weighted by Gasteiger charge is 2.01. The van der Waals surface area contributed by atoms with Crippen molar-refractivity contribution in [1.29, 1.82) is 0 Å². The second-order valence-electron chi connectivity index (χ2n) is 11.0. The van der Waals surface area contributed by atoms with Gasteiger partial charge in [0.25, 0.3) is 0 Å². The summed E-state index contributed by atoms with van der Waals surface area (Å²) in [6, 6.07) is 4.39. The maximum atomic E-state index is 2.30. The monoisotopic (exact) mass is 532 g/mol. The van der Waals surface area contributed by atoms with Crippen LogP contribution in [0.1, 0.15) is 83.6 Å². The van der Waals surface area contributed by atoms with Gasteiger partial charge in [0, 0.05) is 0 Å². The first-order chi connectivity index (χ1) is 19.0. The van der Waals surface area contributed by atoms with Crippen molar-refractivity contribution in [2.45, 2.75) is 82.1 Å². The first-order valence-electron chi connectivity index (χ1n) is 14.4. The molecule has 0 aromatic heterocycles. The minimum atomic E-state index is 1.11. The van der Waals surface area contributed by atoms with Crippen molar-refractivity contribution in [2.75, 3.05) is 0 Å². The third-order valence-corrected chi connectivity index (χ3v) is 6.61. The minimum Gasteiger partial charge on any atom is -0.0856 e. The standard InChI is InChI=1S/C40H52/c1-31(2)17-13-20-34(5)23-15-25-35(6)24-14-21-32(3)18-11-12-19-33(4)22-16-26-36(7)27-30-40-38(9)29-28-37(8)39(40)10/h11-12,14-19,21-30H,13,20H2,1-10H3/b12-11+,21-14+,22-16+,25-15+,30-27+,32-18+,33-19-,34-23+,35-24+,36-26+. The third kappa shape index (κ3) is 15.7. The molecule has 1 aromatic rings. The van der Waals surface area contributed by atoms with Gasteiger partial charge in [-0.3, -0.25) is 0 Å². The van der Waals surface area contributed by atoms with Crippen LogP contribution in [0.4, 0.5) is 0 Å². The highest BCUT2D eigenvalue weighted by atomic mass is 14.1. The van der Waals surface area contributed by atoms with Crippen LogP contribution in [0.2, 0.25) is 0 Å². The van der Waals surface area contributed by atoms with E-state index in [1.54, 1.807) is 0 Å². The minimum absolute atomic E-state index is 1.11. The Bertz CT molecular complexity index is 1290. The van der Waals surface area contributed by atoms with Gasteiger partial charge < -0.3 is 0 Å². The van der Waals surface area contributed by atoms with Crippen molar-refractivity contribution in [3.63, 3.8) is 0 Å². The molecule has 40 heavy (non-hydrogen) atoms. The van der Waals surface area contributed by atoms with E-state index in [0.29, 0.717) is 0 Å². The fourth-order valence-electron chi connectivity index (χ4n) is 3.82. The van der Waals surface area contributed by atoms with Gasteiger partial charge in [0.1, 0.15) is 0 Å². The summed E-state index contributed by atoms with van der Waals surface area (Å²) in [5.41, 5.74) is 13.0. The summed E-state index contributed by atoms with van der Waals surface area (Å²) in [5, 5.41) is 0. The summed E-state index contributed by atoms with van der Waals surface area (Å²) in [4.78, 5) is 0. The summed E-state index contributed by atoms with van der Waals surface area (Å²) in [7, 11) is 0. The highest BCUT2D eigenvalue weighted by Crippen LogP contribution is 2.19. The van der Waals surface area contributed by atoms with Crippen LogP contribution in [0.25, 0.3) is 6.08 Å². The summed E-state index contributed by atoms with van der Waals surface area (Å²) in [6.45, 7) is 21.6. The molecule has 0 aliphatic rings. The number of benzene rings is 1. The van der Waals surface area contributed by atoms with Crippen LogP contribution in [0, 0.1) is 20.8 Å². The molecule has 0 atom stereocenters. The average Bonchev–Trinajstić information content (AvgIpc) is 2.88. The third-order valence-electron chi connectivity index (χ3n) is 6.61. The molecule has 1 rings (SSSR count). The van der Waals surface area contributed by atoms with Crippen molar-refractivity contribution in [1.82, 2.24) is 0 Å². The van der Waals surface area contributed by atoms with Gasteiger partial charge in [-0.1, -0.05) is 143 Å². The Balaban J connectivity index is 2.60. The van der Waals surface area contributed by atoms with Crippen molar-refractivity contribution < 1.29 is 0 Å². The first-order valence-corrected chi connectivity index (χ1v) is 14.4. The second-order valence-corrected chi connectivity index (χ2v) is 11.0. The number of aryl methyl sites for hydroxylation is 2. The van der Waals surface area contributed by atoms with Gasteiger partial charge >= 0.3 is 0 Å². The van der Waals surface area contributed by atoms with Gasteiger partial charge in [-0.2, -0.15) is 0 Å². The Kier molecular flexibility index (Phi) is 16.7. The Hall–Kier alpha value is -3.64. The zero-order valence-electron chi connectivity index (χ0n) is 26.8. The maximum Gasteiger partial charge on any atom is -0.0195 e. The average molecular weight is 533 g/mol. The van der Waals surface area contributed by atoms with Crippen LogP contribution >= 0.6 is 0 Å². The van der Waals surface area contributed by atoms with Crippen LogP contribution in [0.5, 0.6) is 0 Å². The van der Waals surface area contributed by atoms with E-state index in [9.17, 15) is 0 Å². The fraction of sp³-hybridized carbons (Fsp3) is 0.300. The Morgan fingerprint density at radius 2 is 1.00 bits per heavy atom. The Morgan fingerprint density at radius 3 is 1.52 bits per heavy atom. The quantitative estimate of drug-likeness (QED) is 0.175. The van der Waals surface area contributed by atoms with Gasteiger partial charge in [-0.05, 0) is 104 Å². The molecule has 0 amide bonds. The molecule has 0 fully saturated rings. The van der Waals surface area contributed by atoms with E-state index in [4.69, 9.17) is 0 Å². The van der Waals surface area contributed by atoms with E-state index in [2.05, 4.69) is 179 Å². The second kappa shape index (κ2) is 19.4. The van der Waals surface area contributed by atoms with E-state index >= 15 is 0 Å². The molecule has 0 saturated carbocycles. The van der Waals surface area contributed by atoms with Gasteiger partial charge in [0.05, 0.1) is 0 Å². The molecule has 0 heterocycles. The van der Waals surface area contributed by atoms with Crippen LogP contribution < -0.4 is 0 Å². The van der Waals surface area contributed by atoms with Crippen LogP contribution in [-0.2, 0) is 0 Å². The molecule has 0 saturated heterocycles. The predicted molar refractivity (Wildman–Crippen MR) is 184 cm³/mol. The van der Waals surface area contributed by atoms with Gasteiger partial charge in [-0.25, -0.2) is 0 Å². The normalized spacial score (nSPS) is 14.7. The molecule has 0 N–H and O–H groups in total. The molecule has 0 bridgehead atoms. The Labute approximate surface area is 246 Å². The molecule has 0 aliphatic carbocycles. The molecular weight excluding hydrogens is 480 g/mol. The summed E-state index contributed by atoms with van der Waals surface area (Å²) < 4.78 is 0. The summed E-state index contributed by atoms with van der Waals surface area (Å²) >= 11 is 0. The lowest BCUT2D eigenvalue weighted by Gasteiger charge is -2.08. The van der Waals surface area contributed by atoms with Crippen molar-refractivity contribution >= 4 is 6.08 Å². The predicted octanol–water partition coefficient (Wildman–Crippen LogP) is 12.3. The lowest BCUT2D eigenvalue weighted by molar-refractivity contribution is 0.967. The largest absolute Gasteiger partial charge is 0.0856 e. The number of hydrogen-bond acceptors (Lipinski definition) is 0. The molecule has 0 nitrogen and oxygen atoms in total. The Morgan fingerprint density at radius 1 is 0.550 bits per heavy atom. The van der Waals surface area contributed by atoms with Crippen molar-refractivity contribution in [2.24, 2.45) is 0 Å². The van der Waals surface area contributed by atoms with E-state index < -0.39 is 0 Å². The zero-order valence-corrected chi connectivity index (χ0v) is 26.8. The topological polar surface area (TPSA) is 0 Å². The van der Waals surface area contributed by atoms with Crippen molar-refractivity contribution in [3.05, 3.63) is 159 Å². The molecular formula is C40H52. The molecule has 0 heteroatoms. The van der Waals surface area contributed by atoms with E-state index in [1.165, 1.54) is 55.7 Å². The lowest BCUT2D eigenvalue weighted by Crippen LogP contribution is -1.89. The number of hydrogen-bond donors (Lipinski definition) is 0. The van der Waals surface area contributed by atoms with E-state index in [1.807, 2.05) is 0 Å². The van der Waals surface area contributed by atoms with E-state index in [0.717, 1.165) is 12.8 Å². The van der Waals surface area contributed by atoms with Crippen LogP contribution in [-0.4, -0.2) is 0 Å². The maximum absolute atomic E-state index is 2.30. The zero-order chi connectivity index (χ0) is 29.9. The molecule has 0 unspecified atom stereocenters. The smallest absolute Gasteiger partial charge is 0.0195 e.